The summed E-state index contributed by atoms with van der Waals surface area (Å²) >= 11 is 0. The number of aromatic nitrogens is 3. The summed E-state index contributed by atoms with van der Waals surface area (Å²) in [4.78, 5) is 20.1. The second-order valence-corrected chi connectivity index (χ2v) is 4.62. The van der Waals surface area contributed by atoms with Gasteiger partial charge >= 0.3 is 0 Å². The quantitative estimate of drug-likeness (QED) is 0.779. The third kappa shape index (κ3) is 3.35. The van der Waals surface area contributed by atoms with Crippen LogP contribution < -0.4 is 5.32 Å². The SMILES string of the molecule is O=C(NCCc1noc(-c2ccncc2)n1)c1ccccc1. The van der Waals surface area contributed by atoms with Crippen molar-refractivity contribution in [3.05, 3.63) is 66.2 Å². The van der Waals surface area contributed by atoms with Gasteiger partial charge in [0.2, 0.25) is 0 Å². The van der Waals surface area contributed by atoms with E-state index in [0.717, 1.165) is 5.56 Å². The van der Waals surface area contributed by atoms with Gasteiger partial charge in [0.1, 0.15) is 0 Å². The number of benzene rings is 1. The average Bonchev–Trinajstić information content (AvgIpc) is 3.05. The second-order valence-electron chi connectivity index (χ2n) is 4.62. The molecule has 110 valence electrons. The Morgan fingerprint density at radius 2 is 1.86 bits per heavy atom. The maximum absolute atomic E-state index is 11.9. The molecular weight excluding hydrogens is 280 g/mol. The third-order valence-electron chi connectivity index (χ3n) is 3.07. The van der Waals surface area contributed by atoms with Gasteiger partial charge in [0.15, 0.2) is 5.82 Å². The molecule has 2 aromatic heterocycles. The van der Waals surface area contributed by atoms with E-state index in [9.17, 15) is 4.79 Å². The molecule has 0 aliphatic heterocycles. The molecule has 0 bridgehead atoms. The zero-order valence-electron chi connectivity index (χ0n) is 11.8. The Morgan fingerprint density at radius 3 is 2.64 bits per heavy atom. The van der Waals surface area contributed by atoms with E-state index in [-0.39, 0.29) is 5.91 Å². The van der Waals surface area contributed by atoms with Gasteiger partial charge in [-0.3, -0.25) is 9.78 Å². The molecule has 0 radical (unpaired) electrons. The fourth-order valence-corrected chi connectivity index (χ4v) is 1.95. The maximum Gasteiger partial charge on any atom is 0.258 e. The van der Waals surface area contributed by atoms with Crippen LogP contribution in [-0.2, 0) is 6.42 Å². The van der Waals surface area contributed by atoms with Gasteiger partial charge in [0.05, 0.1) is 0 Å². The molecule has 1 aromatic carbocycles. The van der Waals surface area contributed by atoms with Crippen LogP contribution >= 0.6 is 0 Å². The van der Waals surface area contributed by atoms with Crippen LogP contribution in [0.1, 0.15) is 16.2 Å². The molecule has 0 fully saturated rings. The number of hydrogen-bond acceptors (Lipinski definition) is 5. The predicted octanol–water partition coefficient (Wildman–Crippen LogP) is 2.10. The lowest BCUT2D eigenvalue weighted by atomic mass is 10.2. The van der Waals surface area contributed by atoms with Crippen molar-refractivity contribution in [2.24, 2.45) is 0 Å². The molecule has 0 aliphatic carbocycles. The molecular formula is C16H14N4O2. The normalized spacial score (nSPS) is 10.4. The molecule has 0 saturated heterocycles. The van der Waals surface area contributed by atoms with Crippen molar-refractivity contribution in [1.29, 1.82) is 0 Å². The van der Waals surface area contributed by atoms with Crippen molar-refractivity contribution >= 4 is 5.91 Å². The van der Waals surface area contributed by atoms with Crippen molar-refractivity contribution in [1.82, 2.24) is 20.4 Å². The van der Waals surface area contributed by atoms with Gasteiger partial charge in [-0.05, 0) is 24.3 Å². The summed E-state index contributed by atoms with van der Waals surface area (Å²) in [6.07, 6.45) is 3.84. The Bertz CT molecular complexity index is 741. The summed E-state index contributed by atoms with van der Waals surface area (Å²) < 4.78 is 5.19. The van der Waals surface area contributed by atoms with Gasteiger partial charge in [0.25, 0.3) is 11.8 Å². The summed E-state index contributed by atoms with van der Waals surface area (Å²) in [5.41, 5.74) is 1.45. The molecule has 0 atom stereocenters. The summed E-state index contributed by atoms with van der Waals surface area (Å²) in [7, 11) is 0. The highest BCUT2D eigenvalue weighted by molar-refractivity contribution is 5.94. The largest absolute Gasteiger partial charge is 0.352 e. The van der Waals surface area contributed by atoms with Crippen LogP contribution in [0.25, 0.3) is 11.5 Å². The number of hydrogen-bond donors (Lipinski definition) is 1. The number of pyridine rings is 1. The van der Waals surface area contributed by atoms with E-state index < -0.39 is 0 Å². The van der Waals surface area contributed by atoms with Crippen LogP contribution in [0.4, 0.5) is 0 Å². The van der Waals surface area contributed by atoms with Crippen molar-refractivity contribution in [2.45, 2.75) is 6.42 Å². The molecule has 3 aromatic rings. The number of rotatable bonds is 5. The molecule has 1 amide bonds. The van der Waals surface area contributed by atoms with E-state index in [1.165, 1.54) is 0 Å². The summed E-state index contributed by atoms with van der Waals surface area (Å²) in [5, 5.41) is 6.73. The first kappa shape index (κ1) is 13.9. The van der Waals surface area contributed by atoms with Crippen LogP contribution in [0.15, 0.2) is 59.4 Å². The van der Waals surface area contributed by atoms with Gasteiger partial charge in [-0.15, -0.1) is 0 Å². The fraction of sp³-hybridized carbons (Fsp3) is 0.125. The monoisotopic (exact) mass is 294 g/mol. The zero-order valence-corrected chi connectivity index (χ0v) is 11.8. The Kier molecular flexibility index (Phi) is 4.20. The van der Waals surface area contributed by atoms with E-state index in [4.69, 9.17) is 4.52 Å². The minimum absolute atomic E-state index is 0.113. The maximum atomic E-state index is 11.9. The van der Waals surface area contributed by atoms with E-state index in [2.05, 4.69) is 20.4 Å². The first-order chi connectivity index (χ1) is 10.8. The van der Waals surface area contributed by atoms with Gasteiger partial charge < -0.3 is 9.84 Å². The minimum Gasteiger partial charge on any atom is -0.352 e. The van der Waals surface area contributed by atoms with E-state index in [1.807, 2.05) is 18.2 Å². The van der Waals surface area contributed by atoms with Crippen LogP contribution in [-0.4, -0.2) is 27.6 Å². The van der Waals surface area contributed by atoms with Crippen LogP contribution in [0, 0.1) is 0 Å². The minimum atomic E-state index is -0.113. The van der Waals surface area contributed by atoms with Crippen LogP contribution in [0.5, 0.6) is 0 Å². The molecule has 3 rings (SSSR count). The van der Waals surface area contributed by atoms with Crippen molar-refractivity contribution in [3.8, 4) is 11.5 Å². The lowest BCUT2D eigenvalue weighted by Crippen LogP contribution is -2.25. The summed E-state index contributed by atoms with van der Waals surface area (Å²) in [6, 6.07) is 12.7. The zero-order chi connectivity index (χ0) is 15.2. The van der Waals surface area contributed by atoms with Crippen LogP contribution in [0.3, 0.4) is 0 Å². The van der Waals surface area contributed by atoms with E-state index in [0.29, 0.717) is 30.2 Å². The Balaban J connectivity index is 1.55. The fourth-order valence-electron chi connectivity index (χ4n) is 1.95. The highest BCUT2D eigenvalue weighted by atomic mass is 16.5. The molecule has 0 saturated carbocycles. The number of carbonyl (C=O) groups excluding carboxylic acids is 1. The van der Waals surface area contributed by atoms with Gasteiger partial charge in [-0.1, -0.05) is 23.4 Å². The Labute approximate surface area is 127 Å². The number of nitrogens with one attached hydrogen (secondary N) is 1. The van der Waals surface area contributed by atoms with Gasteiger partial charge in [-0.2, -0.15) is 4.98 Å². The standard InChI is InChI=1S/C16H14N4O2/c21-15(12-4-2-1-3-5-12)18-11-8-14-19-16(22-20-14)13-6-9-17-10-7-13/h1-7,9-10H,8,11H2,(H,18,21). The predicted molar refractivity (Wildman–Crippen MR) is 80.0 cm³/mol. The number of carbonyl (C=O) groups is 1. The topological polar surface area (TPSA) is 80.9 Å². The average molecular weight is 294 g/mol. The third-order valence-corrected chi connectivity index (χ3v) is 3.07. The molecule has 2 heterocycles. The number of nitrogens with zero attached hydrogens (tertiary/aromatic N) is 3. The van der Waals surface area contributed by atoms with Crippen molar-refractivity contribution in [3.63, 3.8) is 0 Å². The van der Waals surface area contributed by atoms with Crippen LogP contribution in [0.2, 0.25) is 0 Å². The molecule has 6 nitrogen and oxygen atoms in total. The molecule has 22 heavy (non-hydrogen) atoms. The van der Waals surface area contributed by atoms with E-state index >= 15 is 0 Å². The molecule has 6 heteroatoms. The Hall–Kier alpha value is -3.02. The highest BCUT2D eigenvalue weighted by Crippen LogP contribution is 2.15. The molecule has 0 aliphatic rings. The van der Waals surface area contributed by atoms with Crippen molar-refractivity contribution < 1.29 is 9.32 Å². The molecule has 0 unspecified atom stereocenters. The Morgan fingerprint density at radius 1 is 1.09 bits per heavy atom. The molecule has 0 spiro atoms. The highest BCUT2D eigenvalue weighted by Gasteiger charge is 2.09. The summed E-state index contributed by atoms with van der Waals surface area (Å²) in [5.74, 6) is 0.894. The molecule has 1 N–H and O–H groups in total. The first-order valence-electron chi connectivity index (χ1n) is 6.89. The number of amides is 1. The van der Waals surface area contributed by atoms with Crippen molar-refractivity contribution in [2.75, 3.05) is 6.54 Å². The lowest BCUT2D eigenvalue weighted by molar-refractivity contribution is 0.0954. The van der Waals surface area contributed by atoms with E-state index in [1.54, 1.807) is 36.7 Å². The van der Waals surface area contributed by atoms with Gasteiger partial charge in [-0.25, -0.2) is 0 Å². The smallest absolute Gasteiger partial charge is 0.258 e. The lowest BCUT2D eigenvalue weighted by Gasteiger charge is -2.02. The summed E-state index contributed by atoms with van der Waals surface area (Å²) in [6.45, 7) is 0.447. The second kappa shape index (κ2) is 6.62. The van der Waals surface area contributed by atoms with Gasteiger partial charge in [0, 0.05) is 36.5 Å². The first-order valence-corrected chi connectivity index (χ1v) is 6.89.